The minimum atomic E-state index is -4.94. The number of carbonyl (C=O) groups is 1. The Hall–Kier alpha value is -1.57. The van der Waals surface area contributed by atoms with E-state index in [4.69, 9.17) is 0 Å². The zero-order chi connectivity index (χ0) is 15.9. The molecule has 1 heterocycles. The fourth-order valence-corrected chi connectivity index (χ4v) is 2.29. The number of carbonyl (C=O) groups excluding carboxylic acids is 1. The Morgan fingerprint density at radius 2 is 2.05 bits per heavy atom. The van der Waals surface area contributed by atoms with Gasteiger partial charge >= 0.3 is 6.18 Å². The number of aromatic nitrogens is 2. The van der Waals surface area contributed by atoms with Crippen LogP contribution in [0.4, 0.5) is 13.2 Å². The van der Waals surface area contributed by atoms with Gasteiger partial charge in [0.2, 0.25) is 6.10 Å². The molecule has 1 N–H and O–H groups in total. The van der Waals surface area contributed by atoms with E-state index < -0.39 is 18.2 Å². The molecule has 21 heavy (non-hydrogen) atoms. The van der Waals surface area contributed by atoms with E-state index in [2.05, 4.69) is 5.10 Å². The summed E-state index contributed by atoms with van der Waals surface area (Å²) in [5, 5.41) is 13.4. The molecule has 2 rings (SSSR count). The van der Waals surface area contributed by atoms with E-state index in [1.54, 1.807) is 25.6 Å². The molecular formula is C13H18F3N3O2. The zero-order valence-electron chi connectivity index (χ0n) is 12.1. The maximum absolute atomic E-state index is 12.5. The van der Waals surface area contributed by atoms with Gasteiger partial charge in [-0.05, 0) is 26.7 Å². The Morgan fingerprint density at radius 1 is 1.48 bits per heavy atom. The molecule has 1 atom stereocenters. The van der Waals surface area contributed by atoms with Crippen LogP contribution in [-0.4, -0.2) is 44.0 Å². The topological polar surface area (TPSA) is 58.4 Å². The highest BCUT2D eigenvalue weighted by Crippen LogP contribution is 2.32. The average molecular weight is 305 g/mol. The first-order valence-corrected chi connectivity index (χ1v) is 6.67. The first-order valence-electron chi connectivity index (χ1n) is 6.67. The molecule has 118 valence electrons. The fourth-order valence-electron chi connectivity index (χ4n) is 2.29. The Bertz CT molecular complexity index is 550. The van der Waals surface area contributed by atoms with Crippen molar-refractivity contribution in [3.05, 3.63) is 17.0 Å². The lowest BCUT2D eigenvalue weighted by atomic mass is 10.1. The summed E-state index contributed by atoms with van der Waals surface area (Å²) in [5.41, 5.74) is 2.20. The second-order valence-electron chi connectivity index (χ2n) is 5.41. The van der Waals surface area contributed by atoms with E-state index in [1.165, 1.54) is 0 Å². The number of aliphatic hydroxyl groups excluding tert-OH is 1. The van der Waals surface area contributed by atoms with Crippen molar-refractivity contribution < 1.29 is 23.1 Å². The van der Waals surface area contributed by atoms with Gasteiger partial charge in [-0.2, -0.15) is 18.3 Å². The minimum Gasteiger partial charge on any atom is -0.376 e. The lowest BCUT2D eigenvalue weighted by Crippen LogP contribution is -2.47. The highest BCUT2D eigenvalue weighted by atomic mass is 19.4. The summed E-state index contributed by atoms with van der Waals surface area (Å²) in [4.78, 5) is 13.1. The second-order valence-corrected chi connectivity index (χ2v) is 5.41. The number of nitrogens with zero attached hydrogens (tertiary/aromatic N) is 3. The number of aryl methyl sites for hydroxylation is 2. The normalized spacial score (nSPS) is 16.9. The molecule has 5 nitrogen and oxygen atoms in total. The maximum Gasteiger partial charge on any atom is 0.423 e. The summed E-state index contributed by atoms with van der Waals surface area (Å²) in [6.07, 6.45) is -6.58. The number of hydrogen-bond acceptors (Lipinski definition) is 3. The minimum absolute atomic E-state index is 0.0438. The lowest BCUT2D eigenvalue weighted by molar-refractivity contribution is -0.211. The summed E-state index contributed by atoms with van der Waals surface area (Å²) < 4.78 is 39.2. The number of aliphatic hydroxyl groups is 1. The molecule has 1 fully saturated rings. The molecule has 0 aromatic carbocycles. The van der Waals surface area contributed by atoms with Crippen molar-refractivity contribution in [2.24, 2.45) is 7.05 Å². The van der Waals surface area contributed by atoms with E-state index in [0.29, 0.717) is 18.5 Å². The van der Waals surface area contributed by atoms with Gasteiger partial charge in [0.1, 0.15) is 0 Å². The molecule has 0 bridgehead atoms. The van der Waals surface area contributed by atoms with Crippen LogP contribution >= 0.6 is 0 Å². The molecule has 8 heteroatoms. The van der Waals surface area contributed by atoms with Crippen molar-refractivity contribution in [2.75, 3.05) is 0 Å². The van der Waals surface area contributed by atoms with Crippen molar-refractivity contribution in [3.8, 4) is 0 Å². The van der Waals surface area contributed by atoms with Gasteiger partial charge in [-0.25, -0.2) is 0 Å². The van der Waals surface area contributed by atoms with E-state index in [9.17, 15) is 23.1 Å². The summed E-state index contributed by atoms with van der Waals surface area (Å²) in [6.45, 7) is 3.59. The lowest BCUT2D eigenvalue weighted by Gasteiger charge is -2.26. The third-order valence-electron chi connectivity index (χ3n) is 3.80. The summed E-state index contributed by atoms with van der Waals surface area (Å²) in [7, 11) is 1.74. The smallest absolute Gasteiger partial charge is 0.376 e. The average Bonchev–Trinajstić information content (AvgIpc) is 3.17. The van der Waals surface area contributed by atoms with Crippen LogP contribution in [0.2, 0.25) is 0 Å². The van der Waals surface area contributed by atoms with Crippen molar-refractivity contribution in [1.82, 2.24) is 14.7 Å². The predicted octanol–water partition coefficient (Wildman–Crippen LogP) is 1.45. The zero-order valence-corrected chi connectivity index (χ0v) is 12.1. The van der Waals surface area contributed by atoms with Gasteiger partial charge in [0.05, 0.1) is 5.69 Å². The number of amides is 1. The molecule has 0 aliphatic heterocycles. The van der Waals surface area contributed by atoms with Gasteiger partial charge in [0.25, 0.3) is 5.91 Å². The van der Waals surface area contributed by atoms with Crippen molar-refractivity contribution in [1.29, 1.82) is 0 Å². The van der Waals surface area contributed by atoms with Crippen LogP contribution in [-0.2, 0) is 18.4 Å². The van der Waals surface area contributed by atoms with E-state index >= 15 is 0 Å². The molecule has 1 amide bonds. The summed E-state index contributed by atoms with van der Waals surface area (Å²) in [6, 6.07) is -0.228. The SMILES string of the molecule is Cc1nn(C)c(C)c1CN(C(=O)[C@@H](O)C(F)(F)F)C1CC1. The first kappa shape index (κ1) is 15.8. The third kappa shape index (κ3) is 3.20. The quantitative estimate of drug-likeness (QED) is 0.916. The number of alkyl halides is 3. The number of halogens is 3. The van der Waals surface area contributed by atoms with Crippen LogP contribution in [0.1, 0.15) is 29.8 Å². The highest BCUT2D eigenvalue weighted by Gasteiger charge is 2.48. The van der Waals surface area contributed by atoms with Crippen LogP contribution in [0.5, 0.6) is 0 Å². The standard InChI is InChI=1S/C13H18F3N3O2/c1-7-10(8(2)18(3)17-7)6-19(9-4-5-9)12(21)11(20)13(14,15)16/h9,11,20H,4-6H2,1-3H3/t11-/m1/s1. The Labute approximate surface area is 120 Å². The van der Waals surface area contributed by atoms with Crippen molar-refractivity contribution in [3.63, 3.8) is 0 Å². The summed E-state index contributed by atoms with van der Waals surface area (Å²) in [5.74, 6) is -1.28. The molecule has 0 unspecified atom stereocenters. The van der Waals surface area contributed by atoms with Gasteiger partial charge in [-0.1, -0.05) is 0 Å². The number of hydrogen-bond donors (Lipinski definition) is 1. The largest absolute Gasteiger partial charge is 0.423 e. The van der Waals surface area contributed by atoms with Crippen LogP contribution in [0.25, 0.3) is 0 Å². The predicted molar refractivity (Wildman–Crippen MR) is 68.3 cm³/mol. The fraction of sp³-hybridized carbons (Fsp3) is 0.692. The van der Waals surface area contributed by atoms with Crippen LogP contribution in [0.15, 0.2) is 0 Å². The molecule has 1 saturated carbocycles. The maximum atomic E-state index is 12.5. The van der Waals surface area contributed by atoms with Gasteiger partial charge in [-0.15, -0.1) is 0 Å². The molecule has 1 aromatic heterocycles. The molecule has 0 radical (unpaired) electrons. The monoisotopic (exact) mass is 305 g/mol. The van der Waals surface area contributed by atoms with E-state index in [1.807, 2.05) is 0 Å². The molecule has 0 saturated heterocycles. The van der Waals surface area contributed by atoms with Crippen molar-refractivity contribution in [2.45, 2.75) is 51.6 Å². The van der Waals surface area contributed by atoms with Crippen LogP contribution in [0.3, 0.4) is 0 Å². The van der Waals surface area contributed by atoms with Crippen molar-refractivity contribution >= 4 is 5.91 Å². The molecule has 1 aromatic rings. The van der Waals surface area contributed by atoms with Crippen LogP contribution in [0, 0.1) is 13.8 Å². The Balaban J connectivity index is 2.22. The molecule has 1 aliphatic carbocycles. The first-order chi connectivity index (χ1) is 9.62. The highest BCUT2D eigenvalue weighted by molar-refractivity contribution is 5.82. The second kappa shape index (κ2) is 5.32. The van der Waals surface area contributed by atoms with Crippen LogP contribution < -0.4 is 0 Å². The Kier molecular flexibility index (Phi) is 4.01. The van der Waals surface area contributed by atoms with Gasteiger partial charge in [-0.3, -0.25) is 9.48 Å². The van der Waals surface area contributed by atoms with Gasteiger partial charge < -0.3 is 10.0 Å². The molecular weight excluding hydrogens is 287 g/mol. The molecule has 0 spiro atoms. The summed E-state index contributed by atoms with van der Waals surface area (Å²) >= 11 is 0. The molecule has 1 aliphatic rings. The van der Waals surface area contributed by atoms with E-state index in [-0.39, 0.29) is 12.6 Å². The Morgan fingerprint density at radius 3 is 2.43 bits per heavy atom. The van der Waals surface area contributed by atoms with Gasteiger partial charge in [0, 0.05) is 30.9 Å². The van der Waals surface area contributed by atoms with Gasteiger partial charge in [0.15, 0.2) is 0 Å². The van der Waals surface area contributed by atoms with E-state index in [0.717, 1.165) is 16.2 Å². The number of rotatable bonds is 4. The third-order valence-corrected chi connectivity index (χ3v) is 3.80.